The van der Waals surface area contributed by atoms with Crippen LogP contribution in [0.25, 0.3) is 6.08 Å². The van der Waals surface area contributed by atoms with Crippen molar-refractivity contribution >= 4 is 17.9 Å². The molecule has 0 spiro atoms. The minimum absolute atomic E-state index is 0.0752. The summed E-state index contributed by atoms with van der Waals surface area (Å²) in [6.07, 6.45) is 6.09. The maximum atomic E-state index is 11.8. The van der Waals surface area contributed by atoms with Gasteiger partial charge in [-0.15, -0.1) is 0 Å². The summed E-state index contributed by atoms with van der Waals surface area (Å²) in [7, 11) is 0. The van der Waals surface area contributed by atoms with E-state index in [4.69, 9.17) is 4.42 Å². The van der Waals surface area contributed by atoms with Gasteiger partial charge in [-0.3, -0.25) is 14.9 Å². The Labute approximate surface area is 104 Å². The minimum atomic E-state index is -0.607. The van der Waals surface area contributed by atoms with Crippen LogP contribution in [0.1, 0.15) is 25.0 Å². The second kappa shape index (κ2) is 5.48. The van der Waals surface area contributed by atoms with Crippen molar-refractivity contribution in [2.75, 3.05) is 13.1 Å². The largest absolute Gasteiger partial charge is 0.433 e. The maximum absolute atomic E-state index is 11.8. The second-order valence-electron chi connectivity index (χ2n) is 4.15. The molecule has 6 nitrogen and oxygen atoms in total. The van der Waals surface area contributed by atoms with Crippen LogP contribution in [0.2, 0.25) is 0 Å². The Morgan fingerprint density at radius 2 is 2.06 bits per heavy atom. The molecule has 0 radical (unpaired) electrons. The number of amides is 1. The number of hydrogen-bond acceptors (Lipinski definition) is 4. The van der Waals surface area contributed by atoms with Crippen molar-refractivity contribution in [3.05, 3.63) is 34.1 Å². The number of likely N-dealkylation sites (tertiary alicyclic amines) is 1. The molecule has 0 aliphatic carbocycles. The highest BCUT2D eigenvalue weighted by Gasteiger charge is 2.14. The average molecular weight is 250 g/mol. The van der Waals surface area contributed by atoms with Gasteiger partial charge in [-0.05, 0) is 31.4 Å². The molecule has 1 aromatic rings. The normalized spacial score (nSPS) is 16.1. The lowest BCUT2D eigenvalue weighted by Crippen LogP contribution is -2.34. The monoisotopic (exact) mass is 250 g/mol. The van der Waals surface area contributed by atoms with Crippen molar-refractivity contribution in [3.63, 3.8) is 0 Å². The molecule has 1 fully saturated rings. The quantitative estimate of drug-likeness (QED) is 0.468. The van der Waals surface area contributed by atoms with Crippen molar-refractivity contribution in [1.82, 2.24) is 4.90 Å². The zero-order chi connectivity index (χ0) is 13.0. The number of furan rings is 1. The van der Waals surface area contributed by atoms with E-state index in [0.29, 0.717) is 5.76 Å². The molecule has 96 valence electrons. The van der Waals surface area contributed by atoms with Crippen LogP contribution in [0.5, 0.6) is 0 Å². The molecule has 1 aromatic heterocycles. The molecule has 1 saturated heterocycles. The molecule has 18 heavy (non-hydrogen) atoms. The molecular formula is C12H14N2O4. The summed E-state index contributed by atoms with van der Waals surface area (Å²) in [5, 5.41) is 10.4. The van der Waals surface area contributed by atoms with Crippen LogP contribution in [0, 0.1) is 10.1 Å². The van der Waals surface area contributed by atoms with E-state index >= 15 is 0 Å². The lowest BCUT2D eigenvalue weighted by molar-refractivity contribution is -0.402. The van der Waals surface area contributed by atoms with E-state index in [1.807, 2.05) is 0 Å². The number of nitrogens with zero attached hydrogens (tertiary/aromatic N) is 2. The first kappa shape index (κ1) is 12.3. The van der Waals surface area contributed by atoms with E-state index in [-0.39, 0.29) is 11.8 Å². The van der Waals surface area contributed by atoms with Gasteiger partial charge in [0.05, 0.1) is 6.07 Å². The van der Waals surface area contributed by atoms with Crippen molar-refractivity contribution in [2.24, 2.45) is 0 Å². The Hall–Kier alpha value is -2.11. The lowest BCUT2D eigenvalue weighted by Gasteiger charge is -2.25. The first-order valence-corrected chi connectivity index (χ1v) is 5.88. The number of carbonyl (C=O) groups excluding carboxylic acids is 1. The van der Waals surface area contributed by atoms with Crippen LogP contribution in [0.3, 0.4) is 0 Å². The molecule has 1 amide bonds. The van der Waals surface area contributed by atoms with Crippen molar-refractivity contribution < 1.29 is 14.1 Å². The van der Waals surface area contributed by atoms with Crippen LogP contribution in [0.4, 0.5) is 5.88 Å². The van der Waals surface area contributed by atoms with E-state index in [9.17, 15) is 14.9 Å². The van der Waals surface area contributed by atoms with Crippen molar-refractivity contribution in [1.29, 1.82) is 0 Å². The van der Waals surface area contributed by atoms with Gasteiger partial charge in [-0.25, -0.2) is 0 Å². The SMILES string of the molecule is O=C(C=Cc1ccc([N+](=O)[O-])o1)N1CCCCC1. The molecule has 0 atom stereocenters. The third-order valence-electron chi connectivity index (χ3n) is 2.85. The summed E-state index contributed by atoms with van der Waals surface area (Å²) in [4.78, 5) is 23.4. The molecular weight excluding hydrogens is 236 g/mol. The summed E-state index contributed by atoms with van der Waals surface area (Å²) >= 11 is 0. The first-order chi connectivity index (χ1) is 8.66. The standard InChI is InChI=1S/C12H14N2O4/c15-11(13-8-2-1-3-9-13)6-4-10-5-7-12(18-10)14(16)17/h4-7H,1-3,8-9H2. The third kappa shape index (κ3) is 2.97. The predicted octanol–water partition coefficient (Wildman–Crippen LogP) is 2.21. The van der Waals surface area contributed by atoms with Gasteiger partial charge in [0.2, 0.25) is 5.91 Å². The second-order valence-corrected chi connectivity index (χ2v) is 4.15. The summed E-state index contributed by atoms with van der Waals surface area (Å²) in [6.45, 7) is 1.56. The Balaban J connectivity index is 1.96. The van der Waals surface area contributed by atoms with Gasteiger partial charge in [0.25, 0.3) is 0 Å². The molecule has 0 N–H and O–H groups in total. The number of nitro groups is 1. The number of carbonyl (C=O) groups is 1. The van der Waals surface area contributed by atoms with Crippen LogP contribution < -0.4 is 0 Å². The lowest BCUT2D eigenvalue weighted by atomic mass is 10.1. The van der Waals surface area contributed by atoms with Gasteiger partial charge in [0.15, 0.2) is 0 Å². The van der Waals surface area contributed by atoms with Gasteiger partial charge in [0, 0.05) is 19.2 Å². The molecule has 0 aromatic carbocycles. The van der Waals surface area contributed by atoms with Crippen molar-refractivity contribution in [3.8, 4) is 0 Å². The van der Waals surface area contributed by atoms with Crippen LogP contribution in [0.15, 0.2) is 22.6 Å². The highest BCUT2D eigenvalue weighted by molar-refractivity contribution is 5.91. The topological polar surface area (TPSA) is 76.6 Å². The van der Waals surface area contributed by atoms with Crippen molar-refractivity contribution in [2.45, 2.75) is 19.3 Å². The van der Waals surface area contributed by atoms with E-state index in [1.165, 1.54) is 24.3 Å². The molecule has 2 rings (SSSR count). The fraction of sp³-hybridized carbons (Fsp3) is 0.417. The summed E-state index contributed by atoms with van der Waals surface area (Å²) in [5.41, 5.74) is 0. The average Bonchev–Trinajstić information content (AvgIpc) is 2.86. The molecule has 6 heteroatoms. The van der Waals surface area contributed by atoms with E-state index in [0.717, 1.165) is 32.4 Å². The fourth-order valence-corrected chi connectivity index (χ4v) is 1.90. The van der Waals surface area contributed by atoms with E-state index in [2.05, 4.69) is 0 Å². The smallest absolute Gasteiger partial charge is 0.401 e. The molecule has 2 heterocycles. The molecule has 0 saturated carbocycles. The highest BCUT2D eigenvalue weighted by atomic mass is 16.6. The first-order valence-electron chi connectivity index (χ1n) is 5.88. The van der Waals surface area contributed by atoms with Gasteiger partial charge < -0.3 is 9.32 Å². The fourth-order valence-electron chi connectivity index (χ4n) is 1.90. The van der Waals surface area contributed by atoms with Crippen LogP contribution in [-0.2, 0) is 4.79 Å². The zero-order valence-electron chi connectivity index (χ0n) is 9.87. The number of rotatable bonds is 3. The van der Waals surface area contributed by atoms with Gasteiger partial charge in [-0.2, -0.15) is 0 Å². The third-order valence-corrected chi connectivity index (χ3v) is 2.85. The Bertz CT molecular complexity index is 472. The van der Waals surface area contributed by atoms with Gasteiger partial charge in [-0.1, -0.05) is 0 Å². The maximum Gasteiger partial charge on any atom is 0.433 e. The zero-order valence-corrected chi connectivity index (χ0v) is 9.87. The van der Waals surface area contributed by atoms with Crippen LogP contribution >= 0.6 is 0 Å². The minimum Gasteiger partial charge on any atom is -0.401 e. The molecule has 0 bridgehead atoms. The predicted molar refractivity (Wildman–Crippen MR) is 64.8 cm³/mol. The number of piperidine rings is 1. The Morgan fingerprint density at radius 1 is 1.33 bits per heavy atom. The van der Waals surface area contributed by atoms with Crippen LogP contribution in [-0.4, -0.2) is 28.8 Å². The highest BCUT2D eigenvalue weighted by Crippen LogP contribution is 2.17. The molecule has 0 unspecified atom stereocenters. The van der Waals surface area contributed by atoms with E-state index < -0.39 is 4.92 Å². The van der Waals surface area contributed by atoms with E-state index in [1.54, 1.807) is 4.90 Å². The molecule has 1 aliphatic rings. The number of hydrogen-bond donors (Lipinski definition) is 0. The summed E-state index contributed by atoms with van der Waals surface area (Å²) < 4.78 is 4.93. The molecule has 1 aliphatic heterocycles. The van der Waals surface area contributed by atoms with Gasteiger partial charge >= 0.3 is 5.88 Å². The Kier molecular flexibility index (Phi) is 3.76. The summed E-state index contributed by atoms with van der Waals surface area (Å²) in [5.74, 6) is -0.0825. The Morgan fingerprint density at radius 3 is 2.67 bits per heavy atom. The van der Waals surface area contributed by atoms with Gasteiger partial charge in [0.1, 0.15) is 10.7 Å². The summed E-state index contributed by atoms with van der Waals surface area (Å²) in [6, 6.07) is 2.74.